The zero-order valence-electron chi connectivity index (χ0n) is 20.5. The molecule has 1 N–H and O–H groups in total. The van der Waals surface area contributed by atoms with Gasteiger partial charge in [-0.25, -0.2) is 9.18 Å². The van der Waals surface area contributed by atoms with Gasteiger partial charge in [0.05, 0.1) is 6.10 Å². The number of carbonyl (C=O) groups is 2. The number of carboxylic acids is 1. The Hall–Kier alpha value is -3.71. The van der Waals surface area contributed by atoms with Crippen molar-refractivity contribution in [3.05, 3.63) is 101 Å². The molecule has 0 bridgehead atoms. The molecule has 5 rings (SSSR count). The molecule has 37 heavy (non-hydrogen) atoms. The van der Waals surface area contributed by atoms with Crippen LogP contribution in [0, 0.1) is 5.82 Å². The number of hydrogen-bond acceptors (Lipinski definition) is 4. The van der Waals surface area contributed by atoms with Gasteiger partial charge < -0.3 is 19.5 Å². The summed E-state index contributed by atoms with van der Waals surface area (Å²) in [6.45, 7) is 0.0987. The zero-order chi connectivity index (χ0) is 25.8. The van der Waals surface area contributed by atoms with Crippen LogP contribution in [0.15, 0.2) is 72.8 Å². The van der Waals surface area contributed by atoms with Crippen molar-refractivity contribution in [1.82, 2.24) is 4.90 Å². The van der Waals surface area contributed by atoms with Gasteiger partial charge >= 0.3 is 5.97 Å². The van der Waals surface area contributed by atoms with Crippen LogP contribution >= 0.6 is 0 Å². The Morgan fingerprint density at radius 3 is 2.30 bits per heavy atom. The maximum atomic E-state index is 15.1. The van der Waals surface area contributed by atoms with Crippen molar-refractivity contribution in [1.29, 1.82) is 0 Å². The van der Waals surface area contributed by atoms with E-state index in [0.717, 1.165) is 31.2 Å². The molecule has 1 saturated carbocycles. The summed E-state index contributed by atoms with van der Waals surface area (Å²) in [6.07, 6.45) is 2.72. The summed E-state index contributed by atoms with van der Waals surface area (Å²) < 4.78 is 27.3. The summed E-state index contributed by atoms with van der Waals surface area (Å²) in [6, 6.07) is 20.3. The molecule has 3 aromatic rings. The summed E-state index contributed by atoms with van der Waals surface area (Å²) in [5.41, 5.74) is 2.37. The van der Waals surface area contributed by atoms with Crippen LogP contribution in [0.2, 0.25) is 0 Å². The van der Waals surface area contributed by atoms with E-state index >= 15 is 4.39 Å². The summed E-state index contributed by atoms with van der Waals surface area (Å²) >= 11 is 0. The molecule has 0 radical (unpaired) electrons. The molecular weight excluding hydrogens is 473 g/mol. The molecule has 1 aliphatic carbocycles. The zero-order valence-corrected chi connectivity index (χ0v) is 20.5. The normalized spacial score (nSPS) is 18.3. The van der Waals surface area contributed by atoms with Crippen LogP contribution < -0.4 is 4.74 Å². The number of rotatable bonds is 8. The number of amides is 1. The molecule has 1 heterocycles. The SMILES string of the molecule is O=C(O)C1Cc2c(OCc3ccccc3)ccc(F)c2CN1C(=O)C(OC1CCCC1)c1ccccc1. The third-order valence-electron chi connectivity index (χ3n) is 7.20. The highest BCUT2D eigenvalue weighted by molar-refractivity contribution is 5.88. The fourth-order valence-corrected chi connectivity index (χ4v) is 5.22. The molecule has 0 spiro atoms. The van der Waals surface area contributed by atoms with Gasteiger partial charge in [0, 0.05) is 24.1 Å². The first kappa shape index (κ1) is 25.0. The standard InChI is InChI=1S/C30H30FNO5/c31-25-15-16-27(36-19-20-9-3-1-4-10-20)23-17-26(30(34)35)32(18-24(23)25)29(33)28(21-11-5-2-6-12-21)37-22-13-7-8-14-22/h1-6,9-12,15-16,22,26,28H,7-8,13-14,17-19H2,(H,34,35). The van der Waals surface area contributed by atoms with Gasteiger partial charge in [0.2, 0.25) is 0 Å². The number of ether oxygens (including phenoxy) is 2. The third-order valence-corrected chi connectivity index (χ3v) is 7.20. The highest BCUT2D eigenvalue weighted by Crippen LogP contribution is 2.36. The van der Waals surface area contributed by atoms with Crippen LogP contribution in [0.25, 0.3) is 0 Å². The van der Waals surface area contributed by atoms with E-state index in [4.69, 9.17) is 9.47 Å². The number of carbonyl (C=O) groups excluding carboxylic acids is 1. The Morgan fingerprint density at radius 2 is 1.62 bits per heavy atom. The van der Waals surface area contributed by atoms with Crippen LogP contribution in [0.5, 0.6) is 5.75 Å². The average molecular weight is 504 g/mol. The Balaban J connectivity index is 1.45. The minimum Gasteiger partial charge on any atom is -0.489 e. The Kier molecular flexibility index (Phi) is 7.51. The van der Waals surface area contributed by atoms with Crippen LogP contribution in [0.3, 0.4) is 0 Å². The molecule has 0 saturated heterocycles. The molecule has 1 aliphatic heterocycles. The second-order valence-electron chi connectivity index (χ2n) is 9.63. The minimum atomic E-state index is -1.17. The highest BCUT2D eigenvalue weighted by atomic mass is 19.1. The van der Waals surface area contributed by atoms with Gasteiger partial charge in [0.25, 0.3) is 5.91 Å². The molecule has 2 aliphatic rings. The van der Waals surface area contributed by atoms with Gasteiger partial charge in [-0.3, -0.25) is 4.79 Å². The molecule has 6 nitrogen and oxygen atoms in total. The fraction of sp³-hybridized carbons (Fsp3) is 0.333. The molecule has 2 unspecified atom stereocenters. The number of halogens is 1. The van der Waals surface area contributed by atoms with Crippen LogP contribution in [-0.2, 0) is 33.9 Å². The van der Waals surface area contributed by atoms with E-state index in [0.29, 0.717) is 16.9 Å². The molecule has 192 valence electrons. The number of aliphatic carboxylic acids is 1. The number of hydrogen-bond donors (Lipinski definition) is 1. The van der Waals surface area contributed by atoms with E-state index in [9.17, 15) is 14.7 Å². The van der Waals surface area contributed by atoms with E-state index in [1.807, 2.05) is 48.5 Å². The number of fused-ring (bicyclic) bond motifs is 1. The first-order valence-electron chi connectivity index (χ1n) is 12.7. The predicted octanol–water partition coefficient (Wildman–Crippen LogP) is 5.44. The highest BCUT2D eigenvalue weighted by Gasteiger charge is 2.41. The third kappa shape index (κ3) is 5.52. The lowest BCUT2D eigenvalue weighted by Gasteiger charge is -2.37. The minimum absolute atomic E-state index is 0.0524. The molecular formula is C30H30FNO5. The van der Waals surface area contributed by atoms with Crippen molar-refractivity contribution >= 4 is 11.9 Å². The predicted molar refractivity (Wildman–Crippen MR) is 135 cm³/mol. The van der Waals surface area contributed by atoms with Gasteiger partial charge in [-0.2, -0.15) is 0 Å². The summed E-state index contributed by atoms with van der Waals surface area (Å²) in [4.78, 5) is 27.5. The van der Waals surface area contributed by atoms with Gasteiger partial charge in [0.15, 0.2) is 6.10 Å². The van der Waals surface area contributed by atoms with Crippen LogP contribution in [-0.4, -0.2) is 34.0 Å². The quantitative estimate of drug-likeness (QED) is 0.443. The largest absolute Gasteiger partial charge is 0.489 e. The summed E-state index contributed by atoms with van der Waals surface area (Å²) in [5, 5.41) is 10.1. The van der Waals surface area contributed by atoms with Gasteiger partial charge in [0.1, 0.15) is 24.2 Å². The lowest BCUT2D eigenvalue weighted by atomic mass is 9.91. The molecule has 2 atom stereocenters. The van der Waals surface area contributed by atoms with Gasteiger partial charge in [-0.05, 0) is 36.1 Å². The van der Waals surface area contributed by atoms with Crippen molar-refractivity contribution in [2.24, 2.45) is 0 Å². The van der Waals surface area contributed by atoms with E-state index in [-0.39, 0.29) is 31.2 Å². The van der Waals surface area contributed by atoms with E-state index in [2.05, 4.69) is 0 Å². The topological polar surface area (TPSA) is 76.1 Å². The molecule has 1 fully saturated rings. The maximum absolute atomic E-state index is 15.1. The number of carboxylic acid groups (broad SMARTS) is 1. The van der Waals surface area contributed by atoms with Crippen molar-refractivity contribution in [3.8, 4) is 5.75 Å². The second kappa shape index (κ2) is 11.1. The summed E-state index contributed by atoms with van der Waals surface area (Å²) in [5.74, 6) is -1.67. The lowest BCUT2D eigenvalue weighted by Crippen LogP contribution is -2.51. The van der Waals surface area contributed by atoms with Crippen molar-refractivity contribution in [2.45, 2.75) is 63.5 Å². The molecule has 0 aromatic heterocycles. The second-order valence-corrected chi connectivity index (χ2v) is 9.63. The van der Waals surface area contributed by atoms with Crippen LogP contribution in [0.1, 0.15) is 54.0 Å². The smallest absolute Gasteiger partial charge is 0.326 e. The Morgan fingerprint density at radius 1 is 0.946 bits per heavy atom. The monoisotopic (exact) mass is 503 g/mol. The Labute approximate surface area is 215 Å². The fourth-order valence-electron chi connectivity index (χ4n) is 5.22. The van der Waals surface area contributed by atoms with Crippen molar-refractivity contribution in [3.63, 3.8) is 0 Å². The molecule has 1 amide bonds. The molecule has 7 heteroatoms. The van der Waals surface area contributed by atoms with E-state index in [1.54, 1.807) is 12.1 Å². The average Bonchev–Trinajstić information content (AvgIpc) is 3.45. The number of nitrogens with zero attached hydrogens (tertiary/aromatic N) is 1. The molecule has 3 aromatic carbocycles. The Bertz CT molecular complexity index is 1240. The van der Waals surface area contributed by atoms with Crippen LogP contribution in [0.4, 0.5) is 4.39 Å². The number of benzene rings is 3. The van der Waals surface area contributed by atoms with Gasteiger partial charge in [-0.1, -0.05) is 73.5 Å². The van der Waals surface area contributed by atoms with E-state index < -0.39 is 29.8 Å². The maximum Gasteiger partial charge on any atom is 0.326 e. The first-order chi connectivity index (χ1) is 18.0. The van der Waals surface area contributed by atoms with Crippen molar-refractivity contribution < 1.29 is 28.6 Å². The van der Waals surface area contributed by atoms with Crippen molar-refractivity contribution in [2.75, 3.05) is 0 Å². The van der Waals surface area contributed by atoms with Gasteiger partial charge in [-0.15, -0.1) is 0 Å². The van der Waals surface area contributed by atoms with E-state index in [1.165, 1.54) is 17.0 Å². The lowest BCUT2D eigenvalue weighted by molar-refractivity contribution is -0.160. The first-order valence-corrected chi connectivity index (χ1v) is 12.7. The summed E-state index contributed by atoms with van der Waals surface area (Å²) in [7, 11) is 0.